The lowest BCUT2D eigenvalue weighted by molar-refractivity contribution is -0.00922. The van der Waals surface area contributed by atoms with Crippen LogP contribution >= 0.6 is 0 Å². The number of carbonyl (C=O) groups is 1. The molecule has 8 heteroatoms. The van der Waals surface area contributed by atoms with Gasteiger partial charge in [-0.05, 0) is 20.8 Å². The van der Waals surface area contributed by atoms with Crippen molar-refractivity contribution in [2.24, 2.45) is 0 Å². The highest BCUT2D eigenvalue weighted by molar-refractivity contribution is 5.86. The van der Waals surface area contributed by atoms with Crippen molar-refractivity contribution in [3.63, 3.8) is 0 Å². The first-order valence-electron chi connectivity index (χ1n) is 5.31. The molecule has 0 aliphatic rings. The number of nitrogens with zero attached hydrogens (tertiary/aromatic N) is 3. The van der Waals surface area contributed by atoms with Gasteiger partial charge < -0.3 is 9.84 Å². The summed E-state index contributed by atoms with van der Waals surface area (Å²) in [5, 5.41) is 15.3. The predicted octanol–water partition coefficient (Wildman–Crippen LogP) is 1.73. The first kappa shape index (κ1) is 14.5. The molecule has 1 aromatic heterocycles. The first-order chi connectivity index (χ1) is 8.22. The zero-order chi connectivity index (χ0) is 13.9. The zero-order valence-corrected chi connectivity index (χ0v) is 10.4. The van der Waals surface area contributed by atoms with E-state index in [0.29, 0.717) is 0 Å². The Balaban J connectivity index is 2.80. The molecule has 1 aromatic rings. The molecule has 0 atom stereocenters. The van der Waals surface area contributed by atoms with Gasteiger partial charge in [-0.2, -0.15) is 0 Å². The number of aromatic nitrogens is 3. The van der Waals surface area contributed by atoms with Gasteiger partial charge in [-0.1, -0.05) is 5.21 Å². The number of halogens is 2. The summed E-state index contributed by atoms with van der Waals surface area (Å²) >= 11 is 0. The zero-order valence-electron chi connectivity index (χ0n) is 10.4. The van der Waals surface area contributed by atoms with Crippen LogP contribution in [0.1, 0.15) is 43.4 Å². The third-order valence-electron chi connectivity index (χ3n) is 2.02. The Bertz CT molecular complexity index is 426. The van der Waals surface area contributed by atoms with Crippen LogP contribution in [0.3, 0.4) is 0 Å². The standard InChI is InChI=1S/C10H15F2N3O3/c1-10(2,3)18-5-4-15-7(8(11)12)6(9(16)17)13-14-15/h8H,4-5H2,1-3H3,(H,16,17). The third kappa shape index (κ3) is 3.73. The minimum Gasteiger partial charge on any atom is -0.476 e. The molecule has 0 radical (unpaired) electrons. The number of carboxylic acids is 1. The fraction of sp³-hybridized carbons (Fsp3) is 0.700. The van der Waals surface area contributed by atoms with Crippen LogP contribution in [0.5, 0.6) is 0 Å². The van der Waals surface area contributed by atoms with E-state index in [-0.39, 0.29) is 13.2 Å². The molecular weight excluding hydrogens is 248 g/mol. The molecule has 0 amide bonds. The largest absolute Gasteiger partial charge is 0.476 e. The van der Waals surface area contributed by atoms with Gasteiger partial charge in [0.25, 0.3) is 6.43 Å². The fourth-order valence-electron chi connectivity index (χ4n) is 1.29. The van der Waals surface area contributed by atoms with Gasteiger partial charge in [0, 0.05) is 0 Å². The van der Waals surface area contributed by atoms with Gasteiger partial charge in [0.2, 0.25) is 0 Å². The molecule has 1 rings (SSSR count). The van der Waals surface area contributed by atoms with Crippen LogP contribution < -0.4 is 0 Å². The molecule has 1 heterocycles. The minimum absolute atomic E-state index is 0.0250. The van der Waals surface area contributed by atoms with Gasteiger partial charge in [-0.15, -0.1) is 5.10 Å². The lowest BCUT2D eigenvalue weighted by atomic mass is 10.2. The quantitative estimate of drug-likeness (QED) is 0.875. The monoisotopic (exact) mass is 263 g/mol. The van der Waals surface area contributed by atoms with Crippen molar-refractivity contribution in [2.45, 2.75) is 39.3 Å². The van der Waals surface area contributed by atoms with Gasteiger partial charge in [-0.3, -0.25) is 0 Å². The molecular formula is C10H15F2N3O3. The maximum Gasteiger partial charge on any atom is 0.358 e. The summed E-state index contributed by atoms with van der Waals surface area (Å²) in [6.45, 7) is 5.64. The van der Waals surface area contributed by atoms with Gasteiger partial charge in [0.15, 0.2) is 5.69 Å². The molecule has 0 aliphatic heterocycles. The lowest BCUT2D eigenvalue weighted by Crippen LogP contribution is -2.23. The second kappa shape index (κ2) is 5.38. The Hall–Kier alpha value is -1.57. The molecule has 0 aliphatic carbocycles. The van der Waals surface area contributed by atoms with Gasteiger partial charge >= 0.3 is 5.97 Å². The van der Waals surface area contributed by atoms with Crippen LogP contribution in [0.4, 0.5) is 8.78 Å². The second-order valence-corrected chi connectivity index (χ2v) is 4.61. The molecule has 0 saturated carbocycles. The third-order valence-corrected chi connectivity index (χ3v) is 2.02. The number of carboxylic acid groups (broad SMARTS) is 1. The molecule has 102 valence electrons. The summed E-state index contributed by atoms with van der Waals surface area (Å²) in [5.74, 6) is -1.52. The summed E-state index contributed by atoms with van der Waals surface area (Å²) in [6, 6.07) is 0. The second-order valence-electron chi connectivity index (χ2n) is 4.61. The molecule has 6 nitrogen and oxygen atoms in total. The highest BCUT2D eigenvalue weighted by atomic mass is 19.3. The first-order valence-corrected chi connectivity index (χ1v) is 5.31. The average Bonchev–Trinajstić information content (AvgIpc) is 2.59. The van der Waals surface area contributed by atoms with E-state index in [1.807, 2.05) is 20.8 Å². The Morgan fingerprint density at radius 1 is 1.50 bits per heavy atom. The van der Waals surface area contributed by atoms with E-state index in [4.69, 9.17) is 9.84 Å². The number of ether oxygens (including phenoxy) is 1. The molecule has 0 unspecified atom stereocenters. The Kier molecular flexibility index (Phi) is 4.33. The highest BCUT2D eigenvalue weighted by Gasteiger charge is 2.26. The number of rotatable bonds is 5. The van der Waals surface area contributed by atoms with Crippen LogP contribution in [-0.2, 0) is 11.3 Å². The fourth-order valence-corrected chi connectivity index (χ4v) is 1.29. The van der Waals surface area contributed by atoms with Crippen molar-refractivity contribution in [1.29, 1.82) is 0 Å². The Morgan fingerprint density at radius 2 is 2.11 bits per heavy atom. The molecule has 0 saturated heterocycles. The Labute approximate surface area is 103 Å². The van der Waals surface area contributed by atoms with Crippen LogP contribution in [0.2, 0.25) is 0 Å². The van der Waals surface area contributed by atoms with Crippen molar-refractivity contribution >= 4 is 5.97 Å². The smallest absolute Gasteiger partial charge is 0.358 e. The van der Waals surface area contributed by atoms with E-state index < -0.39 is 29.4 Å². The van der Waals surface area contributed by atoms with Crippen molar-refractivity contribution in [3.05, 3.63) is 11.4 Å². The van der Waals surface area contributed by atoms with E-state index in [1.165, 1.54) is 0 Å². The molecule has 0 bridgehead atoms. The maximum atomic E-state index is 12.7. The highest BCUT2D eigenvalue weighted by Crippen LogP contribution is 2.21. The van der Waals surface area contributed by atoms with Crippen LogP contribution in [0.15, 0.2) is 0 Å². The molecule has 18 heavy (non-hydrogen) atoms. The van der Waals surface area contributed by atoms with Gasteiger partial charge in [0.1, 0.15) is 5.69 Å². The SMILES string of the molecule is CC(C)(C)OCCn1nnc(C(=O)O)c1C(F)F. The van der Waals surface area contributed by atoms with Crippen molar-refractivity contribution < 1.29 is 23.4 Å². The summed E-state index contributed by atoms with van der Waals surface area (Å²) in [6.07, 6.45) is -2.94. The number of hydrogen-bond donors (Lipinski definition) is 1. The number of aromatic carboxylic acids is 1. The van der Waals surface area contributed by atoms with E-state index in [9.17, 15) is 13.6 Å². The van der Waals surface area contributed by atoms with Crippen LogP contribution in [0, 0.1) is 0 Å². The van der Waals surface area contributed by atoms with Crippen molar-refractivity contribution in [2.75, 3.05) is 6.61 Å². The Morgan fingerprint density at radius 3 is 2.56 bits per heavy atom. The van der Waals surface area contributed by atoms with Crippen molar-refractivity contribution in [3.8, 4) is 0 Å². The number of hydrogen-bond acceptors (Lipinski definition) is 4. The van der Waals surface area contributed by atoms with Gasteiger partial charge in [-0.25, -0.2) is 18.3 Å². The minimum atomic E-state index is -2.94. The summed E-state index contributed by atoms with van der Waals surface area (Å²) in [4.78, 5) is 10.7. The van der Waals surface area contributed by atoms with E-state index in [2.05, 4.69) is 10.3 Å². The van der Waals surface area contributed by atoms with Crippen LogP contribution in [0.25, 0.3) is 0 Å². The van der Waals surface area contributed by atoms with Crippen molar-refractivity contribution in [1.82, 2.24) is 15.0 Å². The van der Waals surface area contributed by atoms with Crippen LogP contribution in [-0.4, -0.2) is 38.3 Å². The molecule has 0 aromatic carbocycles. The average molecular weight is 263 g/mol. The topological polar surface area (TPSA) is 77.2 Å². The molecule has 0 fully saturated rings. The predicted molar refractivity (Wildman–Crippen MR) is 57.6 cm³/mol. The van der Waals surface area contributed by atoms with E-state index >= 15 is 0 Å². The summed E-state index contributed by atoms with van der Waals surface area (Å²) < 4.78 is 31.7. The number of alkyl halides is 2. The molecule has 0 spiro atoms. The summed E-state index contributed by atoms with van der Waals surface area (Å²) in [5.41, 5.74) is -1.82. The normalized spacial score (nSPS) is 12.1. The molecule has 1 N–H and O–H groups in total. The maximum absolute atomic E-state index is 12.7. The van der Waals surface area contributed by atoms with E-state index in [1.54, 1.807) is 0 Å². The summed E-state index contributed by atoms with van der Waals surface area (Å²) in [7, 11) is 0. The van der Waals surface area contributed by atoms with Gasteiger partial charge in [0.05, 0.1) is 18.8 Å². The lowest BCUT2D eigenvalue weighted by Gasteiger charge is -2.19. The van der Waals surface area contributed by atoms with E-state index in [0.717, 1.165) is 4.68 Å².